The average molecular weight is 191 g/mol. The van der Waals surface area contributed by atoms with Crippen LogP contribution in [-0.2, 0) is 4.79 Å². The lowest BCUT2D eigenvalue weighted by Gasteiger charge is -2.15. The molecule has 1 aromatic rings. The van der Waals surface area contributed by atoms with Crippen LogP contribution in [0.15, 0.2) is 24.3 Å². The van der Waals surface area contributed by atoms with Crippen LogP contribution < -0.4 is 4.74 Å². The SMILES string of the molecule is CC(C)Oc1ccccc1C(C)[C]=O. The van der Waals surface area contributed by atoms with Crippen molar-refractivity contribution in [1.82, 2.24) is 0 Å². The van der Waals surface area contributed by atoms with Gasteiger partial charge in [0.2, 0.25) is 6.29 Å². The maximum atomic E-state index is 10.6. The Morgan fingerprint density at radius 1 is 1.21 bits per heavy atom. The average Bonchev–Trinajstić information content (AvgIpc) is 2.16. The van der Waals surface area contributed by atoms with E-state index in [1.54, 1.807) is 0 Å². The minimum absolute atomic E-state index is 0.120. The zero-order chi connectivity index (χ0) is 10.6. The summed E-state index contributed by atoms with van der Waals surface area (Å²) in [4.78, 5) is 10.6. The molecule has 0 aliphatic carbocycles. The molecule has 0 aliphatic rings. The van der Waals surface area contributed by atoms with E-state index in [-0.39, 0.29) is 12.0 Å². The zero-order valence-electron chi connectivity index (χ0n) is 8.78. The molecule has 1 unspecified atom stereocenters. The second kappa shape index (κ2) is 4.80. The Bertz CT molecular complexity index is 305. The van der Waals surface area contributed by atoms with Gasteiger partial charge in [-0.15, -0.1) is 0 Å². The molecule has 2 nitrogen and oxygen atoms in total. The van der Waals surface area contributed by atoms with Crippen molar-refractivity contribution in [1.29, 1.82) is 0 Å². The number of hydrogen-bond donors (Lipinski definition) is 0. The lowest BCUT2D eigenvalue weighted by molar-refractivity contribution is 0.239. The van der Waals surface area contributed by atoms with E-state index in [2.05, 4.69) is 0 Å². The normalized spacial score (nSPS) is 12.6. The van der Waals surface area contributed by atoms with Crippen molar-refractivity contribution >= 4 is 6.29 Å². The molecular weight excluding hydrogens is 176 g/mol. The number of hydrogen-bond acceptors (Lipinski definition) is 2. The van der Waals surface area contributed by atoms with Crippen molar-refractivity contribution in [3.8, 4) is 5.75 Å². The lowest BCUT2D eigenvalue weighted by atomic mass is 10.0. The molecule has 0 bridgehead atoms. The molecule has 75 valence electrons. The number of para-hydroxylation sites is 1. The monoisotopic (exact) mass is 191 g/mol. The molecular formula is C12H15O2. The molecule has 0 spiro atoms. The Hall–Kier alpha value is -1.31. The van der Waals surface area contributed by atoms with Crippen LogP contribution in [-0.4, -0.2) is 12.4 Å². The van der Waals surface area contributed by atoms with Crippen LogP contribution in [0.2, 0.25) is 0 Å². The highest BCUT2D eigenvalue weighted by Gasteiger charge is 2.11. The molecule has 0 fully saturated rings. The van der Waals surface area contributed by atoms with E-state index < -0.39 is 0 Å². The summed E-state index contributed by atoms with van der Waals surface area (Å²) < 4.78 is 5.59. The van der Waals surface area contributed by atoms with E-state index in [0.717, 1.165) is 11.3 Å². The molecule has 1 atom stereocenters. The van der Waals surface area contributed by atoms with Gasteiger partial charge in [-0.25, -0.2) is 0 Å². The molecule has 1 radical (unpaired) electrons. The predicted octanol–water partition coefficient (Wildman–Crippen LogP) is 2.69. The van der Waals surface area contributed by atoms with Gasteiger partial charge in [-0.3, -0.25) is 4.79 Å². The smallest absolute Gasteiger partial charge is 0.206 e. The number of ether oxygens (including phenoxy) is 1. The first-order chi connectivity index (χ1) is 6.65. The van der Waals surface area contributed by atoms with Crippen LogP contribution in [0.5, 0.6) is 5.75 Å². The molecule has 0 saturated carbocycles. The fraction of sp³-hybridized carbons (Fsp3) is 0.417. The number of benzene rings is 1. The highest BCUT2D eigenvalue weighted by Crippen LogP contribution is 2.25. The van der Waals surface area contributed by atoms with Crippen molar-refractivity contribution in [2.24, 2.45) is 0 Å². The Kier molecular flexibility index (Phi) is 3.69. The molecule has 0 aromatic heterocycles. The van der Waals surface area contributed by atoms with Gasteiger partial charge < -0.3 is 4.74 Å². The summed E-state index contributed by atoms with van der Waals surface area (Å²) in [7, 11) is 0. The number of carbonyl (C=O) groups excluding carboxylic acids is 1. The summed E-state index contributed by atoms with van der Waals surface area (Å²) in [6, 6.07) is 7.57. The molecule has 2 heteroatoms. The molecule has 0 amide bonds. The standard InChI is InChI=1S/C12H15O2/c1-9(2)14-12-7-5-4-6-11(12)10(3)8-13/h4-7,9-10H,1-3H3. The highest BCUT2D eigenvalue weighted by molar-refractivity contribution is 5.64. The molecule has 0 N–H and O–H groups in total. The predicted molar refractivity (Wildman–Crippen MR) is 56.3 cm³/mol. The third-order valence-corrected chi connectivity index (χ3v) is 1.92. The van der Waals surface area contributed by atoms with Crippen LogP contribution in [0.25, 0.3) is 0 Å². The van der Waals surface area contributed by atoms with E-state index in [9.17, 15) is 4.79 Å². The zero-order valence-corrected chi connectivity index (χ0v) is 8.78. The first-order valence-electron chi connectivity index (χ1n) is 4.78. The molecule has 0 heterocycles. The van der Waals surface area contributed by atoms with E-state index in [1.807, 2.05) is 51.3 Å². The number of rotatable bonds is 4. The van der Waals surface area contributed by atoms with Gasteiger partial charge in [0.05, 0.1) is 12.0 Å². The van der Waals surface area contributed by atoms with Gasteiger partial charge >= 0.3 is 0 Å². The topological polar surface area (TPSA) is 26.3 Å². The van der Waals surface area contributed by atoms with Crippen molar-refractivity contribution in [2.45, 2.75) is 32.8 Å². The summed E-state index contributed by atoms with van der Waals surface area (Å²) in [6.45, 7) is 5.74. The minimum atomic E-state index is -0.232. The third kappa shape index (κ3) is 2.59. The first kappa shape index (κ1) is 10.8. The van der Waals surface area contributed by atoms with Gasteiger partial charge in [0.15, 0.2) is 0 Å². The van der Waals surface area contributed by atoms with Crippen molar-refractivity contribution in [3.63, 3.8) is 0 Å². The van der Waals surface area contributed by atoms with Gasteiger partial charge in [0, 0.05) is 5.56 Å². The third-order valence-electron chi connectivity index (χ3n) is 1.92. The quantitative estimate of drug-likeness (QED) is 0.731. The lowest BCUT2D eigenvalue weighted by Crippen LogP contribution is -2.08. The molecule has 1 rings (SSSR count). The first-order valence-corrected chi connectivity index (χ1v) is 4.78. The maximum absolute atomic E-state index is 10.6. The fourth-order valence-corrected chi connectivity index (χ4v) is 1.26. The fourth-order valence-electron chi connectivity index (χ4n) is 1.26. The largest absolute Gasteiger partial charge is 0.491 e. The van der Waals surface area contributed by atoms with Crippen LogP contribution >= 0.6 is 0 Å². The Balaban J connectivity index is 2.96. The van der Waals surface area contributed by atoms with E-state index in [0.29, 0.717) is 0 Å². The summed E-state index contributed by atoms with van der Waals surface area (Å²) in [6.07, 6.45) is 2.09. The van der Waals surface area contributed by atoms with Crippen LogP contribution in [0.1, 0.15) is 32.3 Å². The molecule has 0 aliphatic heterocycles. The van der Waals surface area contributed by atoms with Crippen LogP contribution in [0.3, 0.4) is 0 Å². The van der Waals surface area contributed by atoms with E-state index in [4.69, 9.17) is 4.74 Å². The molecule has 14 heavy (non-hydrogen) atoms. The summed E-state index contributed by atoms with van der Waals surface area (Å²) >= 11 is 0. The highest BCUT2D eigenvalue weighted by atomic mass is 16.5. The van der Waals surface area contributed by atoms with Gasteiger partial charge in [-0.1, -0.05) is 25.1 Å². The maximum Gasteiger partial charge on any atom is 0.206 e. The van der Waals surface area contributed by atoms with Crippen molar-refractivity contribution in [3.05, 3.63) is 29.8 Å². The van der Waals surface area contributed by atoms with Gasteiger partial charge in [-0.05, 0) is 19.9 Å². The minimum Gasteiger partial charge on any atom is -0.491 e. The van der Waals surface area contributed by atoms with E-state index >= 15 is 0 Å². The Labute approximate surface area is 84.9 Å². The van der Waals surface area contributed by atoms with Crippen molar-refractivity contribution in [2.75, 3.05) is 0 Å². The second-order valence-electron chi connectivity index (χ2n) is 3.54. The van der Waals surface area contributed by atoms with Crippen molar-refractivity contribution < 1.29 is 9.53 Å². The molecule has 0 saturated heterocycles. The molecule has 1 aromatic carbocycles. The Morgan fingerprint density at radius 3 is 2.43 bits per heavy atom. The second-order valence-corrected chi connectivity index (χ2v) is 3.54. The summed E-state index contributed by atoms with van der Waals surface area (Å²) in [5.41, 5.74) is 0.899. The van der Waals surface area contributed by atoms with E-state index in [1.165, 1.54) is 0 Å². The van der Waals surface area contributed by atoms with Gasteiger partial charge in [0.1, 0.15) is 5.75 Å². The van der Waals surface area contributed by atoms with Crippen LogP contribution in [0, 0.1) is 0 Å². The summed E-state index contributed by atoms with van der Waals surface area (Å²) in [5.74, 6) is 0.545. The Morgan fingerprint density at radius 2 is 1.86 bits per heavy atom. The van der Waals surface area contributed by atoms with Gasteiger partial charge in [0.25, 0.3) is 0 Å². The van der Waals surface area contributed by atoms with Gasteiger partial charge in [-0.2, -0.15) is 0 Å². The van der Waals surface area contributed by atoms with Crippen LogP contribution in [0.4, 0.5) is 0 Å². The summed E-state index contributed by atoms with van der Waals surface area (Å²) in [5, 5.41) is 0.